The van der Waals surface area contributed by atoms with E-state index in [1.807, 2.05) is 19.9 Å². The van der Waals surface area contributed by atoms with Crippen LogP contribution in [0.4, 0.5) is 11.5 Å². The van der Waals surface area contributed by atoms with Gasteiger partial charge in [0.25, 0.3) is 0 Å². The Hall–Kier alpha value is -1.29. The van der Waals surface area contributed by atoms with Gasteiger partial charge in [-0.2, -0.15) is 0 Å². The quantitative estimate of drug-likeness (QED) is 0.762. The molecule has 3 N–H and O–H groups in total. The van der Waals surface area contributed by atoms with Crippen LogP contribution in [0.2, 0.25) is 0 Å². The van der Waals surface area contributed by atoms with Gasteiger partial charge in [0.1, 0.15) is 5.82 Å². The van der Waals surface area contributed by atoms with Crippen LogP contribution in [-0.4, -0.2) is 24.7 Å². The van der Waals surface area contributed by atoms with Gasteiger partial charge in [-0.3, -0.25) is 0 Å². The SMILES string of the molecule is COCC(C)Nc1cc(N)c(C)cn1. The molecule has 1 atom stereocenters. The first-order valence-corrected chi connectivity index (χ1v) is 4.61. The van der Waals surface area contributed by atoms with E-state index < -0.39 is 0 Å². The number of hydrogen-bond acceptors (Lipinski definition) is 4. The maximum absolute atomic E-state index is 5.76. The van der Waals surface area contributed by atoms with Gasteiger partial charge in [0.05, 0.1) is 6.61 Å². The molecule has 4 heteroatoms. The molecule has 78 valence electrons. The lowest BCUT2D eigenvalue weighted by molar-refractivity contribution is 0.190. The van der Waals surface area contributed by atoms with Crippen molar-refractivity contribution in [3.63, 3.8) is 0 Å². The van der Waals surface area contributed by atoms with Crippen LogP contribution < -0.4 is 11.1 Å². The van der Waals surface area contributed by atoms with Crippen molar-refractivity contribution in [2.75, 3.05) is 24.8 Å². The molecule has 0 aliphatic rings. The van der Waals surface area contributed by atoms with E-state index >= 15 is 0 Å². The maximum atomic E-state index is 5.76. The molecule has 1 aromatic heterocycles. The van der Waals surface area contributed by atoms with Crippen molar-refractivity contribution in [3.05, 3.63) is 17.8 Å². The third-order valence-electron chi connectivity index (χ3n) is 1.96. The Morgan fingerprint density at radius 3 is 2.93 bits per heavy atom. The Bertz CT molecular complexity index is 301. The number of hydrogen-bond donors (Lipinski definition) is 2. The zero-order chi connectivity index (χ0) is 10.6. The average Bonchev–Trinajstić information content (AvgIpc) is 2.12. The molecule has 0 amide bonds. The number of aryl methyl sites for hydroxylation is 1. The molecular formula is C10H17N3O. The molecule has 0 bridgehead atoms. The number of nitrogens with zero attached hydrogens (tertiary/aromatic N) is 1. The van der Waals surface area contributed by atoms with Gasteiger partial charge in [-0.05, 0) is 19.4 Å². The van der Waals surface area contributed by atoms with Gasteiger partial charge in [0.2, 0.25) is 0 Å². The smallest absolute Gasteiger partial charge is 0.128 e. The molecule has 1 rings (SSSR count). The van der Waals surface area contributed by atoms with Crippen LogP contribution in [0.15, 0.2) is 12.3 Å². The second-order valence-corrected chi connectivity index (χ2v) is 3.43. The first-order chi connectivity index (χ1) is 6.63. The predicted molar refractivity (Wildman–Crippen MR) is 58.3 cm³/mol. The summed E-state index contributed by atoms with van der Waals surface area (Å²) in [6, 6.07) is 2.07. The normalized spacial score (nSPS) is 12.5. The molecule has 0 radical (unpaired) electrons. The molecule has 0 aliphatic heterocycles. The lowest BCUT2D eigenvalue weighted by Crippen LogP contribution is -2.21. The van der Waals surface area contributed by atoms with Gasteiger partial charge in [0, 0.05) is 31.1 Å². The molecule has 14 heavy (non-hydrogen) atoms. The van der Waals surface area contributed by atoms with E-state index in [0.717, 1.165) is 17.1 Å². The fraction of sp³-hybridized carbons (Fsp3) is 0.500. The number of aromatic nitrogens is 1. The summed E-state index contributed by atoms with van der Waals surface area (Å²) < 4.78 is 5.01. The van der Waals surface area contributed by atoms with Crippen LogP contribution in [0, 0.1) is 6.92 Å². The van der Waals surface area contributed by atoms with E-state index in [4.69, 9.17) is 10.5 Å². The summed E-state index contributed by atoms with van der Waals surface area (Å²) >= 11 is 0. The van der Waals surface area contributed by atoms with Crippen molar-refractivity contribution >= 4 is 11.5 Å². The topological polar surface area (TPSA) is 60.2 Å². The van der Waals surface area contributed by atoms with Crippen molar-refractivity contribution in [2.24, 2.45) is 0 Å². The molecule has 0 fully saturated rings. The molecule has 0 spiro atoms. The Morgan fingerprint density at radius 1 is 1.64 bits per heavy atom. The van der Waals surface area contributed by atoms with Crippen LogP contribution in [-0.2, 0) is 4.74 Å². The van der Waals surface area contributed by atoms with E-state index in [-0.39, 0.29) is 6.04 Å². The molecule has 4 nitrogen and oxygen atoms in total. The zero-order valence-corrected chi connectivity index (χ0v) is 8.87. The largest absolute Gasteiger partial charge is 0.398 e. The minimum Gasteiger partial charge on any atom is -0.398 e. The van der Waals surface area contributed by atoms with Gasteiger partial charge < -0.3 is 15.8 Å². The third kappa shape index (κ3) is 2.88. The molecule has 1 unspecified atom stereocenters. The number of nitrogens with one attached hydrogen (secondary N) is 1. The summed E-state index contributed by atoms with van der Waals surface area (Å²) in [6.07, 6.45) is 1.76. The molecule has 1 aromatic rings. The van der Waals surface area contributed by atoms with E-state index in [1.54, 1.807) is 13.3 Å². The van der Waals surface area contributed by atoms with E-state index in [2.05, 4.69) is 10.3 Å². The van der Waals surface area contributed by atoms with Gasteiger partial charge >= 0.3 is 0 Å². The predicted octanol–water partition coefficient (Wildman–Crippen LogP) is 1.42. The number of rotatable bonds is 4. The number of anilines is 2. The standard InChI is InChI=1S/C10H17N3O/c1-7-5-12-10(4-9(7)11)13-8(2)6-14-3/h4-5,8H,6H2,1-3H3,(H3,11,12,13). The Balaban J connectivity index is 2.63. The van der Waals surface area contributed by atoms with Gasteiger partial charge in [-0.15, -0.1) is 0 Å². The monoisotopic (exact) mass is 195 g/mol. The summed E-state index contributed by atoms with van der Waals surface area (Å²) in [4.78, 5) is 4.21. The second kappa shape index (κ2) is 4.81. The fourth-order valence-electron chi connectivity index (χ4n) is 1.16. The van der Waals surface area contributed by atoms with E-state index in [9.17, 15) is 0 Å². The first-order valence-electron chi connectivity index (χ1n) is 4.61. The highest BCUT2D eigenvalue weighted by Crippen LogP contribution is 2.14. The number of nitrogens with two attached hydrogens (primary N) is 1. The van der Waals surface area contributed by atoms with Crippen LogP contribution in [0.3, 0.4) is 0 Å². The number of ether oxygens (including phenoxy) is 1. The van der Waals surface area contributed by atoms with Gasteiger partial charge in [0.15, 0.2) is 0 Å². The molecule has 1 heterocycles. The summed E-state index contributed by atoms with van der Waals surface area (Å²) in [5, 5.41) is 3.19. The minimum atomic E-state index is 0.231. The summed E-state index contributed by atoms with van der Waals surface area (Å²) in [7, 11) is 1.68. The van der Waals surface area contributed by atoms with Crippen molar-refractivity contribution in [3.8, 4) is 0 Å². The Kier molecular flexibility index (Phi) is 3.71. The molecule has 0 saturated carbocycles. The molecule has 0 aliphatic carbocycles. The van der Waals surface area contributed by atoms with Crippen molar-refractivity contribution in [1.82, 2.24) is 4.98 Å². The van der Waals surface area contributed by atoms with E-state index in [0.29, 0.717) is 6.61 Å². The maximum Gasteiger partial charge on any atom is 0.128 e. The first kappa shape index (κ1) is 10.8. The number of pyridine rings is 1. The molecule has 0 saturated heterocycles. The molecular weight excluding hydrogens is 178 g/mol. The van der Waals surface area contributed by atoms with Gasteiger partial charge in [-0.1, -0.05) is 0 Å². The summed E-state index contributed by atoms with van der Waals surface area (Å²) in [5.74, 6) is 0.789. The number of nitrogen functional groups attached to an aromatic ring is 1. The summed E-state index contributed by atoms with van der Waals surface area (Å²) in [5.41, 5.74) is 7.51. The van der Waals surface area contributed by atoms with Crippen molar-refractivity contribution in [1.29, 1.82) is 0 Å². The fourth-order valence-corrected chi connectivity index (χ4v) is 1.16. The molecule has 0 aromatic carbocycles. The summed E-state index contributed by atoms with van der Waals surface area (Å²) in [6.45, 7) is 4.61. The second-order valence-electron chi connectivity index (χ2n) is 3.43. The lowest BCUT2D eigenvalue weighted by atomic mass is 10.2. The number of methoxy groups -OCH3 is 1. The van der Waals surface area contributed by atoms with Crippen LogP contribution in [0.5, 0.6) is 0 Å². The lowest BCUT2D eigenvalue weighted by Gasteiger charge is -2.13. The highest BCUT2D eigenvalue weighted by molar-refractivity contribution is 5.53. The highest BCUT2D eigenvalue weighted by Gasteiger charge is 2.03. The average molecular weight is 195 g/mol. The van der Waals surface area contributed by atoms with Crippen LogP contribution >= 0.6 is 0 Å². The minimum absolute atomic E-state index is 0.231. The van der Waals surface area contributed by atoms with Crippen molar-refractivity contribution < 1.29 is 4.74 Å². The van der Waals surface area contributed by atoms with Gasteiger partial charge in [-0.25, -0.2) is 4.98 Å². The third-order valence-corrected chi connectivity index (χ3v) is 1.96. The zero-order valence-electron chi connectivity index (χ0n) is 8.87. The van der Waals surface area contributed by atoms with Crippen LogP contribution in [0.1, 0.15) is 12.5 Å². The Morgan fingerprint density at radius 2 is 2.36 bits per heavy atom. The van der Waals surface area contributed by atoms with E-state index in [1.165, 1.54) is 0 Å². The van der Waals surface area contributed by atoms with Crippen LogP contribution in [0.25, 0.3) is 0 Å². The Labute approximate surface area is 84.5 Å². The van der Waals surface area contributed by atoms with Crippen molar-refractivity contribution in [2.45, 2.75) is 19.9 Å². The highest BCUT2D eigenvalue weighted by atomic mass is 16.5.